The third-order valence-electron chi connectivity index (χ3n) is 5.57. The topological polar surface area (TPSA) is 90.3 Å². The fourth-order valence-electron chi connectivity index (χ4n) is 3.90. The van der Waals surface area contributed by atoms with Crippen LogP contribution in [-0.2, 0) is 27.7 Å². The molecular formula is C25H22BrN3O3S. The first kappa shape index (κ1) is 23.0. The number of hydrogen-bond donors (Lipinski definition) is 1. The van der Waals surface area contributed by atoms with Gasteiger partial charge >= 0.3 is 0 Å². The maximum atomic E-state index is 12.9. The predicted molar refractivity (Wildman–Crippen MR) is 132 cm³/mol. The first-order valence-corrected chi connectivity index (χ1v) is 12.8. The van der Waals surface area contributed by atoms with Gasteiger partial charge in [0.05, 0.1) is 16.5 Å². The number of nitriles is 1. The Labute approximate surface area is 202 Å². The van der Waals surface area contributed by atoms with Gasteiger partial charge in [0.1, 0.15) is 0 Å². The Kier molecular flexibility index (Phi) is 6.82. The lowest BCUT2D eigenvalue weighted by atomic mass is 10.00. The second-order valence-electron chi connectivity index (χ2n) is 7.86. The normalized spacial score (nSPS) is 13.2. The SMILES string of the molecule is N#Cc1ccc(CCC(=O)N2CCCc3cc(NS(=O)(=O)c4cccc(Br)c4)ccc32)cc1. The molecule has 33 heavy (non-hydrogen) atoms. The van der Waals surface area contributed by atoms with E-state index in [4.69, 9.17) is 5.26 Å². The Morgan fingerprint density at radius 3 is 2.61 bits per heavy atom. The molecule has 3 aromatic carbocycles. The van der Waals surface area contributed by atoms with Gasteiger partial charge in [-0.15, -0.1) is 0 Å². The summed E-state index contributed by atoms with van der Waals surface area (Å²) in [5.74, 6) is 0.0303. The monoisotopic (exact) mass is 523 g/mol. The average molecular weight is 524 g/mol. The minimum absolute atomic E-state index is 0.0303. The van der Waals surface area contributed by atoms with E-state index in [0.717, 1.165) is 29.7 Å². The first-order valence-electron chi connectivity index (χ1n) is 10.6. The molecule has 0 saturated carbocycles. The lowest BCUT2D eigenvalue weighted by Gasteiger charge is -2.30. The molecule has 0 aliphatic carbocycles. The Balaban J connectivity index is 1.47. The van der Waals surface area contributed by atoms with Gasteiger partial charge in [-0.3, -0.25) is 9.52 Å². The number of nitrogens with one attached hydrogen (secondary N) is 1. The van der Waals surface area contributed by atoms with Gasteiger partial charge < -0.3 is 4.90 Å². The van der Waals surface area contributed by atoms with Crippen molar-refractivity contribution in [2.45, 2.75) is 30.6 Å². The van der Waals surface area contributed by atoms with E-state index in [-0.39, 0.29) is 10.8 Å². The zero-order valence-electron chi connectivity index (χ0n) is 17.8. The second kappa shape index (κ2) is 9.77. The van der Waals surface area contributed by atoms with Crippen LogP contribution in [0, 0.1) is 11.3 Å². The molecule has 0 radical (unpaired) electrons. The molecule has 0 atom stereocenters. The molecule has 0 bridgehead atoms. The van der Waals surface area contributed by atoms with E-state index in [0.29, 0.717) is 35.1 Å². The van der Waals surface area contributed by atoms with Gasteiger partial charge in [0.25, 0.3) is 10.0 Å². The highest BCUT2D eigenvalue weighted by molar-refractivity contribution is 9.10. The summed E-state index contributed by atoms with van der Waals surface area (Å²) in [6.45, 7) is 0.641. The molecule has 6 nitrogen and oxygen atoms in total. The molecule has 0 spiro atoms. The van der Waals surface area contributed by atoms with Gasteiger partial charge in [-0.25, -0.2) is 8.42 Å². The van der Waals surface area contributed by atoms with Gasteiger partial charge in [0.2, 0.25) is 5.91 Å². The fourth-order valence-corrected chi connectivity index (χ4v) is 5.55. The Morgan fingerprint density at radius 2 is 1.88 bits per heavy atom. The maximum Gasteiger partial charge on any atom is 0.261 e. The highest BCUT2D eigenvalue weighted by Gasteiger charge is 2.23. The van der Waals surface area contributed by atoms with E-state index in [1.165, 1.54) is 0 Å². The molecule has 0 saturated heterocycles. The Hall–Kier alpha value is -3.15. The van der Waals surface area contributed by atoms with Crippen molar-refractivity contribution in [1.29, 1.82) is 5.26 Å². The first-order chi connectivity index (χ1) is 15.9. The smallest absolute Gasteiger partial charge is 0.261 e. The molecular weight excluding hydrogens is 502 g/mol. The van der Waals surface area contributed by atoms with E-state index < -0.39 is 10.0 Å². The number of fused-ring (bicyclic) bond motifs is 1. The molecule has 1 heterocycles. The van der Waals surface area contributed by atoms with Crippen molar-refractivity contribution in [3.8, 4) is 6.07 Å². The third kappa shape index (κ3) is 5.44. The van der Waals surface area contributed by atoms with Crippen LogP contribution in [0.3, 0.4) is 0 Å². The molecule has 168 valence electrons. The molecule has 1 aliphatic heterocycles. The highest BCUT2D eigenvalue weighted by Crippen LogP contribution is 2.31. The van der Waals surface area contributed by atoms with Gasteiger partial charge in [0.15, 0.2) is 0 Å². The standard InChI is InChI=1S/C25H22BrN3O3S/c26-21-4-1-5-23(16-21)33(31,32)28-22-11-12-24-20(15-22)3-2-14-29(24)25(30)13-10-18-6-8-19(17-27)9-7-18/h1,4-9,11-12,15-16,28H,2-3,10,13-14H2. The van der Waals surface area contributed by atoms with Crippen LogP contribution in [0.15, 0.2) is 76.1 Å². The quantitative estimate of drug-likeness (QED) is 0.490. The van der Waals surface area contributed by atoms with Crippen LogP contribution >= 0.6 is 15.9 Å². The van der Waals surface area contributed by atoms with Crippen molar-refractivity contribution in [2.75, 3.05) is 16.2 Å². The average Bonchev–Trinajstić information content (AvgIpc) is 2.82. The van der Waals surface area contributed by atoms with E-state index >= 15 is 0 Å². The fraction of sp³-hybridized carbons (Fsp3) is 0.200. The largest absolute Gasteiger partial charge is 0.312 e. The van der Waals surface area contributed by atoms with Gasteiger partial charge in [-0.1, -0.05) is 34.1 Å². The van der Waals surface area contributed by atoms with Crippen molar-refractivity contribution >= 4 is 43.2 Å². The van der Waals surface area contributed by atoms with Crippen LogP contribution in [0.25, 0.3) is 0 Å². The number of benzene rings is 3. The summed E-state index contributed by atoms with van der Waals surface area (Å²) in [6, 6.07) is 21.2. The minimum Gasteiger partial charge on any atom is -0.312 e. The molecule has 8 heteroatoms. The van der Waals surface area contributed by atoms with Gasteiger partial charge in [-0.2, -0.15) is 5.26 Å². The van der Waals surface area contributed by atoms with Crippen molar-refractivity contribution in [2.24, 2.45) is 0 Å². The van der Waals surface area contributed by atoms with Crippen LogP contribution < -0.4 is 9.62 Å². The second-order valence-corrected chi connectivity index (χ2v) is 10.5. The number of rotatable bonds is 6. The number of nitrogens with zero attached hydrogens (tertiary/aromatic N) is 2. The Bertz CT molecular complexity index is 1330. The number of halogens is 1. The zero-order chi connectivity index (χ0) is 23.4. The Morgan fingerprint density at radius 1 is 1.09 bits per heavy atom. The lowest BCUT2D eigenvalue weighted by molar-refractivity contribution is -0.118. The summed E-state index contributed by atoms with van der Waals surface area (Å²) in [5.41, 5.74) is 3.86. The maximum absolute atomic E-state index is 12.9. The number of hydrogen-bond acceptors (Lipinski definition) is 4. The number of amides is 1. The zero-order valence-corrected chi connectivity index (χ0v) is 20.2. The summed E-state index contributed by atoms with van der Waals surface area (Å²) in [7, 11) is -3.72. The van der Waals surface area contributed by atoms with Crippen LogP contribution in [0.4, 0.5) is 11.4 Å². The van der Waals surface area contributed by atoms with E-state index in [1.54, 1.807) is 47.4 Å². The number of anilines is 2. The van der Waals surface area contributed by atoms with Crippen LogP contribution in [-0.4, -0.2) is 20.9 Å². The number of carbonyl (C=O) groups excluding carboxylic acids is 1. The summed E-state index contributed by atoms with van der Waals surface area (Å²) in [4.78, 5) is 14.9. The van der Waals surface area contributed by atoms with Gasteiger partial charge in [0, 0.05) is 28.8 Å². The van der Waals surface area contributed by atoms with Crippen molar-refractivity contribution in [3.05, 3.63) is 87.9 Å². The molecule has 1 N–H and O–H groups in total. The lowest BCUT2D eigenvalue weighted by Crippen LogP contribution is -2.35. The van der Waals surface area contributed by atoms with E-state index in [1.807, 2.05) is 24.3 Å². The third-order valence-corrected chi connectivity index (χ3v) is 7.44. The van der Waals surface area contributed by atoms with Crippen molar-refractivity contribution < 1.29 is 13.2 Å². The number of carbonyl (C=O) groups is 1. The number of aryl methyl sites for hydroxylation is 2. The van der Waals surface area contributed by atoms with Crippen LogP contribution in [0.2, 0.25) is 0 Å². The minimum atomic E-state index is -3.72. The molecule has 1 amide bonds. The van der Waals surface area contributed by atoms with Gasteiger partial charge in [-0.05, 0) is 78.9 Å². The molecule has 0 fully saturated rings. The van der Waals surface area contributed by atoms with E-state index in [9.17, 15) is 13.2 Å². The predicted octanol–water partition coefficient (Wildman–Crippen LogP) is 5.03. The number of sulfonamides is 1. The highest BCUT2D eigenvalue weighted by atomic mass is 79.9. The summed E-state index contributed by atoms with van der Waals surface area (Å²) in [5, 5.41) is 8.91. The summed E-state index contributed by atoms with van der Waals surface area (Å²) in [6.07, 6.45) is 2.56. The van der Waals surface area contributed by atoms with Crippen LogP contribution in [0.5, 0.6) is 0 Å². The molecule has 4 rings (SSSR count). The molecule has 0 aromatic heterocycles. The molecule has 3 aromatic rings. The van der Waals surface area contributed by atoms with Crippen molar-refractivity contribution in [1.82, 2.24) is 0 Å². The van der Waals surface area contributed by atoms with Crippen LogP contribution in [0.1, 0.15) is 29.5 Å². The molecule has 1 aliphatic rings. The van der Waals surface area contributed by atoms with E-state index in [2.05, 4.69) is 26.7 Å². The van der Waals surface area contributed by atoms with Crippen molar-refractivity contribution in [3.63, 3.8) is 0 Å². The molecule has 0 unspecified atom stereocenters. The summed E-state index contributed by atoms with van der Waals surface area (Å²) >= 11 is 3.30. The summed E-state index contributed by atoms with van der Waals surface area (Å²) < 4.78 is 28.8.